The van der Waals surface area contributed by atoms with E-state index in [1.807, 2.05) is 0 Å². The van der Waals surface area contributed by atoms with E-state index in [1.54, 1.807) is 25.6 Å². The first-order valence-corrected chi connectivity index (χ1v) is 8.78. The van der Waals surface area contributed by atoms with Crippen LogP contribution in [-0.4, -0.2) is 39.2 Å². The normalized spacial score (nSPS) is 14.5. The molecule has 0 aromatic carbocycles. The third kappa shape index (κ3) is 4.82. The van der Waals surface area contributed by atoms with E-state index in [0.29, 0.717) is 28.4 Å². The smallest absolute Gasteiger partial charge is 0.241 e. The minimum Gasteiger partial charge on any atom is -0.368 e. The molecular weight excluding hydrogens is 342 g/mol. The van der Waals surface area contributed by atoms with Crippen molar-refractivity contribution in [2.45, 2.75) is 32.2 Å². The minimum absolute atomic E-state index is 0.115. The first kappa shape index (κ1) is 17.5. The number of hydrogen-bond acceptors (Lipinski definition) is 6. The molecule has 1 fully saturated rings. The Bertz CT molecular complexity index is 727. The SMILES string of the molecule is CNC(=O)Cn1cc(Nc2ncc(Cl)c(NCC3CCCC3)n2)cn1. The average molecular weight is 364 g/mol. The second-order valence-electron chi connectivity index (χ2n) is 6.15. The van der Waals surface area contributed by atoms with E-state index in [-0.39, 0.29) is 12.5 Å². The Hall–Kier alpha value is -2.35. The van der Waals surface area contributed by atoms with Gasteiger partial charge in [0.15, 0.2) is 5.82 Å². The van der Waals surface area contributed by atoms with Crippen LogP contribution in [0.5, 0.6) is 0 Å². The summed E-state index contributed by atoms with van der Waals surface area (Å²) in [6.07, 6.45) is 10.0. The molecule has 3 N–H and O–H groups in total. The van der Waals surface area contributed by atoms with E-state index in [4.69, 9.17) is 11.6 Å². The Balaban J connectivity index is 1.62. The van der Waals surface area contributed by atoms with Crippen LogP contribution < -0.4 is 16.0 Å². The van der Waals surface area contributed by atoms with E-state index in [9.17, 15) is 4.79 Å². The molecule has 2 aromatic heterocycles. The van der Waals surface area contributed by atoms with Gasteiger partial charge in [0.2, 0.25) is 11.9 Å². The molecule has 3 rings (SSSR count). The number of rotatable bonds is 7. The lowest BCUT2D eigenvalue weighted by molar-refractivity contribution is -0.121. The predicted molar refractivity (Wildman–Crippen MR) is 97.1 cm³/mol. The van der Waals surface area contributed by atoms with E-state index in [2.05, 4.69) is 31.0 Å². The number of hydrogen-bond donors (Lipinski definition) is 3. The maximum Gasteiger partial charge on any atom is 0.241 e. The third-order valence-corrected chi connectivity index (χ3v) is 4.53. The molecule has 0 radical (unpaired) electrons. The zero-order valence-electron chi connectivity index (χ0n) is 14.1. The Labute approximate surface area is 151 Å². The number of nitrogens with one attached hydrogen (secondary N) is 3. The van der Waals surface area contributed by atoms with Crippen molar-refractivity contribution < 1.29 is 4.79 Å². The quantitative estimate of drug-likeness (QED) is 0.699. The van der Waals surface area contributed by atoms with E-state index < -0.39 is 0 Å². The summed E-state index contributed by atoms with van der Waals surface area (Å²) in [7, 11) is 1.59. The summed E-state index contributed by atoms with van der Waals surface area (Å²) in [6, 6.07) is 0. The number of likely N-dealkylation sites (N-methyl/N-ethyl adjacent to an activating group) is 1. The topological polar surface area (TPSA) is 96.8 Å². The Morgan fingerprint density at radius 1 is 1.36 bits per heavy atom. The molecule has 0 bridgehead atoms. The predicted octanol–water partition coefficient (Wildman–Crippen LogP) is 2.42. The highest BCUT2D eigenvalue weighted by Crippen LogP contribution is 2.26. The second-order valence-corrected chi connectivity index (χ2v) is 6.55. The van der Waals surface area contributed by atoms with Gasteiger partial charge in [0.25, 0.3) is 0 Å². The summed E-state index contributed by atoms with van der Waals surface area (Å²) in [4.78, 5) is 20.0. The van der Waals surface area contributed by atoms with Crippen LogP contribution in [0.3, 0.4) is 0 Å². The molecule has 0 unspecified atom stereocenters. The van der Waals surface area contributed by atoms with Crippen LogP contribution in [0.2, 0.25) is 5.02 Å². The molecule has 25 heavy (non-hydrogen) atoms. The van der Waals surface area contributed by atoms with Gasteiger partial charge in [-0.3, -0.25) is 9.48 Å². The molecule has 0 spiro atoms. The molecule has 1 amide bonds. The molecule has 1 saturated carbocycles. The van der Waals surface area contributed by atoms with Gasteiger partial charge in [0.1, 0.15) is 11.6 Å². The van der Waals surface area contributed by atoms with Crippen molar-refractivity contribution in [1.82, 2.24) is 25.1 Å². The maximum atomic E-state index is 11.4. The highest BCUT2D eigenvalue weighted by molar-refractivity contribution is 6.32. The third-order valence-electron chi connectivity index (χ3n) is 4.25. The van der Waals surface area contributed by atoms with Crippen LogP contribution >= 0.6 is 11.6 Å². The van der Waals surface area contributed by atoms with Gasteiger partial charge in [-0.15, -0.1) is 0 Å². The molecule has 0 saturated heterocycles. The highest BCUT2D eigenvalue weighted by atomic mass is 35.5. The van der Waals surface area contributed by atoms with Crippen molar-refractivity contribution in [3.8, 4) is 0 Å². The fraction of sp³-hybridized carbons (Fsp3) is 0.500. The van der Waals surface area contributed by atoms with Crippen LogP contribution in [-0.2, 0) is 11.3 Å². The molecule has 0 aliphatic heterocycles. The molecule has 1 aliphatic rings. The summed E-state index contributed by atoms with van der Waals surface area (Å²) in [5, 5.41) is 13.6. The molecule has 2 heterocycles. The van der Waals surface area contributed by atoms with Gasteiger partial charge < -0.3 is 16.0 Å². The number of carbonyl (C=O) groups is 1. The standard InChI is InChI=1S/C16H22ClN7O/c1-18-14(25)10-24-9-12(7-21-24)22-16-20-8-13(17)15(23-16)19-6-11-4-2-3-5-11/h7-9,11H,2-6,10H2,1H3,(H,18,25)(H2,19,20,22,23). The van der Waals surface area contributed by atoms with Crippen LogP contribution in [0.4, 0.5) is 17.5 Å². The molecule has 134 valence electrons. The first-order valence-electron chi connectivity index (χ1n) is 8.40. The molecule has 0 atom stereocenters. The maximum absolute atomic E-state index is 11.4. The second kappa shape index (κ2) is 8.15. The lowest BCUT2D eigenvalue weighted by Gasteiger charge is -2.13. The van der Waals surface area contributed by atoms with E-state index in [0.717, 1.165) is 6.54 Å². The van der Waals surface area contributed by atoms with E-state index >= 15 is 0 Å². The largest absolute Gasteiger partial charge is 0.368 e. The zero-order valence-corrected chi connectivity index (χ0v) is 14.9. The fourth-order valence-corrected chi connectivity index (χ4v) is 3.03. The lowest BCUT2D eigenvalue weighted by Crippen LogP contribution is -2.23. The van der Waals surface area contributed by atoms with Gasteiger partial charge in [-0.05, 0) is 18.8 Å². The van der Waals surface area contributed by atoms with Gasteiger partial charge in [-0.1, -0.05) is 24.4 Å². The average Bonchev–Trinajstić information content (AvgIpc) is 3.27. The fourth-order valence-electron chi connectivity index (χ4n) is 2.88. The zero-order chi connectivity index (χ0) is 17.6. The molecule has 8 nitrogen and oxygen atoms in total. The number of carbonyl (C=O) groups excluding carboxylic acids is 1. The minimum atomic E-state index is -0.115. The van der Waals surface area contributed by atoms with Crippen LogP contribution in [0.25, 0.3) is 0 Å². The number of nitrogens with zero attached hydrogens (tertiary/aromatic N) is 4. The Morgan fingerprint density at radius 2 is 2.16 bits per heavy atom. The van der Waals surface area contributed by atoms with Gasteiger partial charge in [-0.2, -0.15) is 10.1 Å². The number of amides is 1. The number of halogens is 1. The van der Waals surface area contributed by atoms with Crippen molar-refractivity contribution in [1.29, 1.82) is 0 Å². The van der Waals surface area contributed by atoms with Crippen LogP contribution in [0.1, 0.15) is 25.7 Å². The summed E-state index contributed by atoms with van der Waals surface area (Å²) in [6.45, 7) is 1.04. The Morgan fingerprint density at radius 3 is 2.92 bits per heavy atom. The van der Waals surface area contributed by atoms with Crippen molar-refractivity contribution in [2.75, 3.05) is 24.2 Å². The number of aromatic nitrogens is 4. The number of anilines is 3. The summed E-state index contributed by atoms with van der Waals surface area (Å²) in [5.41, 5.74) is 0.702. The van der Waals surface area contributed by atoms with Gasteiger partial charge >= 0.3 is 0 Å². The van der Waals surface area contributed by atoms with E-state index in [1.165, 1.54) is 30.4 Å². The van der Waals surface area contributed by atoms with Gasteiger partial charge in [-0.25, -0.2) is 4.98 Å². The monoisotopic (exact) mass is 363 g/mol. The van der Waals surface area contributed by atoms with Crippen LogP contribution in [0, 0.1) is 5.92 Å². The van der Waals surface area contributed by atoms with Crippen molar-refractivity contribution in [2.24, 2.45) is 5.92 Å². The van der Waals surface area contributed by atoms with Gasteiger partial charge in [0, 0.05) is 19.8 Å². The van der Waals surface area contributed by atoms with Crippen LogP contribution in [0.15, 0.2) is 18.6 Å². The Kier molecular flexibility index (Phi) is 5.70. The summed E-state index contributed by atoms with van der Waals surface area (Å²) >= 11 is 6.19. The molecule has 2 aromatic rings. The lowest BCUT2D eigenvalue weighted by atomic mass is 10.1. The molecule has 1 aliphatic carbocycles. The highest BCUT2D eigenvalue weighted by Gasteiger charge is 2.15. The van der Waals surface area contributed by atoms with Crippen molar-refractivity contribution in [3.05, 3.63) is 23.6 Å². The van der Waals surface area contributed by atoms with Crippen molar-refractivity contribution >= 4 is 35.0 Å². The molecular formula is C16H22ClN7O. The first-order chi connectivity index (χ1) is 12.1. The molecule has 9 heteroatoms. The van der Waals surface area contributed by atoms with Gasteiger partial charge in [0.05, 0.1) is 18.1 Å². The summed E-state index contributed by atoms with van der Waals surface area (Å²) < 4.78 is 1.54. The van der Waals surface area contributed by atoms with Crippen molar-refractivity contribution in [3.63, 3.8) is 0 Å². The summed E-state index contributed by atoms with van der Waals surface area (Å²) in [5.74, 6) is 1.63.